The highest BCUT2D eigenvalue weighted by Gasteiger charge is 2.65. The number of allylic oxidation sites excluding steroid dienone is 4. The first-order valence-electron chi connectivity index (χ1n) is 17.7. The predicted octanol–water partition coefficient (Wildman–Crippen LogP) is 6.78. The van der Waals surface area contributed by atoms with Crippen molar-refractivity contribution in [3.05, 3.63) is 148 Å². The van der Waals surface area contributed by atoms with Gasteiger partial charge in [-0.25, -0.2) is 0 Å². The number of phenols is 2. The smallest absolute Gasteiger partial charge is 0.233 e. The van der Waals surface area contributed by atoms with E-state index < -0.39 is 35.0 Å². The fourth-order valence-electron chi connectivity index (χ4n) is 9.59. The number of aryl methyl sites for hydroxylation is 2. The molecule has 2 N–H and O–H groups in total. The van der Waals surface area contributed by atoms with Crippen LogP contribution in [0.5, 0.6) is 11.5 Å². The third kappa shape index (κ3) is 5.01. The van der Waals surface area contributed by atoms with Crippen molar-refractivity contribution in [1.29, 1.82) is 0 Å². The molecule has 1 heterocycles. The molecule has 0 radical (unpaired) electrons. The molecule has 7 nitrogen and oxygen atoms in total. The van der Waals surface area contributed by atoms with Gasteiger partial charge in [-0.2, -0.15) is 0 Å². The number of fused-ring (bicyclic) bond motifs is 4. The van der Waals surface area contributed by atoms with Gasteiger partial charge in [0.2, 0.25) is 11.8 Å². The van der Waals surface area contributed by atoms with Gasteiger partial charge in [0.15, 0.2) is 11.6 Å². The molecule has 51 heavy (non-hydrogen) atoms. The molecule has 1 aliphatic heterocycles. The Labute approximate surface area is 296 Å². The van der Waals surface area contributed by atoms with Crippen LogP contribution in [0.3, 0.4) is 0 Å². The lowest BCUT2D eigenvalue weighted by Crippen LogP contribution is -2.58. The molecule has 6 unspecified atom stereocenters. The zero-order valence-electron chi connectivity index (χ0n) is 28.6. The molecule has 1 saturated carbocycles. The minimum atomic E-state index is -1.31. The van der Waals surface area contributed by atoms with Crippen molar-refractivity contribution in [3.63, 3.8) is 0 Å². The summed E-state index contributed by atoms with van der Waals surface area (Å²) in [7, 11) is 0. The molecule has 0 spiro atoms. The Kier molecular flexibility index (Phi) is 7.90. The molecule has 4 aromatic carbocycles. The lowest BCUT2D eigenvalue weighted by atomic mass is 9.44. The molecule has 8 rings (SSSR count). The van der Waals surface area contributed by atoms with Gasteiger partial charge in [-0.3, -0.25) is 24.1 Å². The molecule has 6 atom stereocenters. The Morgan fingerprint density at radius 2 is 1.43 bits per heavy atom. The minimum absolute atomic E-state index is 0.148. The largest absolute Gasteiger partial charge is 0.508 e. The molecule has 2 amide bonds. The molecule has 256 valence electrons. The molecule has 3 aliphatic carbocycles. The van der Waals surface area contributed by atoms with E-state index in [4.69, 9.17) is 0 Å². The zero-order chi connectivity index (χ0) is 35.6. The maximum Gasteiger partial charge on any atom is 0.233 e. The van der Waals surface area contributed by atoms with Crippen molar-refractivity contribution in [2.45, 2.75) is 44.4 Å². The van der Waals surface area contributed by atoms with Crippen LogP contribution in [0, 0.1) is 37.5 Å². The summed E-state index contributed by atoms with van der Waals surface area (Å²) >= 11 is 0. The van der Waals surface area contributed by atoms with Crippen molar-refractivity contribution < 1.29 is 29.4 Å². The number of benzene rings is 4. The molecule has 2 fully saturated rings. The summed E-state index contributed by atoms with van der Waals surface area (Å²) in [6.45, 7) is 3.87. The van der Waals surface area contributed by atoms with Crippen molar-refractivity contribution in [2.24, 2.45) is 23.7 Å². The van der Waals surface area contributed by atoms with E-state index in [1.807, 2.05) is 86.6 Å². The van der Waals surface area contributed by atoms with Gasteiger partial charge in [0.1, 0.15) is 11.5 Å². The summed E-state index contributed by atoms with van der Waals surface area (Å²) in [4.78, 5) is 60.0. The molecule has 4 aliphatic rings. The number of rotatable bonds is 6. The Morgan fingerprint density at radius 3 is 2.10 bits per heavy atom. The van der Waals surface area contributed by atoms with Crippen LogP contribution in [0.2, 0.25) is 0 Å². The van der Waals surface area contributed by atoms with Crippen molar-refractivity contribution in [3.8, 4) is 11.5 Å². The van der Waals surface area contributed by atoms with Crippen LogP contribution in [0.25, 0.3) is 5.57 Å². The second-order valence-electron chi connectivity index (χ2n) is 14.5. The molecular formula is C44H39NO6. The van der Waals surface area contributed by atoms with Crippen LogP contribution in [0.1, 0.15) is 52.1 Å². The standard InChI is InChI=1S/C44H39NO6/c1-25-21-29(22-26(2)40(25)48)39-32-17-18-33-38(43(51)45(42(33)50)20-19-27-13-15-31(46)16-14-27)35(32)23-36-41(49)34(28-9-5-3-6-10-28)24-37(47)44(36,39)30-11-7-4-8-12-30/h3-17,21-22,24,33,35-36,38-39,46,48H,18-20,23H2,1-2H3. The van der Waals surface area contributed by atoms with Gasteiger partial charge in [-0.1, -0.05) is 96.6 Å². The maximum absolute atomic E-state index is 15.2. The molecular weight excluding hydrogens is 638 g/mol. The van der Waals surface area contributed by atoms with Gasteiger partial charge in [0, 0.05) is 24.0 Å². The number of hydrogen-bond acceptors (Lipinski definition) is 6. The number of ketones is 2. The van der Waals surface area contributed by atoms with E-state index in [1.54, 1.807) is 24.3 Å². The number of likely N-dealkylation sites (tertiary alicyclic amines) is 1. The first-order chi connectivity index (χ1) is 24.6. The van der Waals surface area contributed by atoms with Crippen LogP contribution < -0.4 is 0 Å². The first kappa shape index (κ1) is 32.6. The monoisotopic (exact) mass is 677 g/mol. The highest BCUT2D eigenvalue weighted by molar-refractivity contribution is 6.31. The lowest BCUT2D eigenvalue weighted by molar-refractivity contribution is -0.140. The Hall–Kier alpha value is -5.56. The average Bonchev–Trinajstić information content (AvgIpc) is 3.39. The van der Waals surface area contributed by atoms with Gasteiger partial charge < -0.3 is 10.2 Å². The SMILES string of the molecule is Cc1cc(C2C3=CCC4C(=O)N(CCc5ccc(O)cc5)C(=O)C4C3CC3C(=O)C(c4ccccc4)=CC(=O)C32c2ccccc2)cc(C)c1O. The summed E-state index contributed by atoms with van der Waals surface area (Å²) in [5, 5.41) is 20.6. The van der Waals surface area contributed by atoms with Crippen LogP contribution >= 0.6 is 0 Å². The number of aromatic hydroxyl groups is 2. The third-order valence-corrected chi connectivity index (χ3v) is 11.9. The maximum atomic E-state index is 15.2. The van der Waals surface area contributed by atoms with E-state index in [9.17, 15) is 19.8 Å². The fraction of sp³-hybridized carbons (Fsp3) is 0.273. The Morgan fingerprint density at radius 1 is 0.784 bits per heavy atom. The number of carbonyl (C=O) groups is 4. The normalized spacial score (nSPS) is 27.0. The molecule has 1 saturated heterocycles. The van der Waals surface area contributed by atoms with Gasteiger partial charge in [-0.15, -0.1) is 0 Å². The topological polar surface area (TPSA) is 112 Å². The number of carbonyl (C=O) groups excluding carboxylic acids is 4. The van der Waals surface area contributed by atoms with Crippen molar-refractivity contribution in [1.82, 2.24) is 4.90 Å². The number of phenolic OH excluding ortho intramolecular Hbond substituents is 2. The number of hydrogen-bond donors (Lipinski definition) is 2. The Balaban J connectivity index is 1.30. The van der Waals surface area contributed by atoms with Crippen molar-refractivity contribution >= 4 is 29.0 Å². The van der Waals surface area contributed by atoms with Gasteiger partial charge in [-0.05, 0) is 90.6 Å². The van der Waals surface area contributed by atoms with E-state index in [0.29, 0.717) is 35.1 Å². The second-order valence-corrected chi connectivity index (χ2v) is 14.5. The van der Waals surface area contributed by atoms with Crippen LogP contribution in [-0.2, 0) is 31.0 Å². The quantitative estimate of drug-likeness (QED) is 0.172. The van der Waals surface area contributed by atoms with E-state index in [2.05, 4.69) is 6.08 Å². The number of Topliss-reactive ketones (excluding diaryl/α,β-unsaturated/α-hetero) is 1. The summed E-state index contributed by atoms with van der Waals surface area (Å²) in [6.07, 6.45) is 4.64. The minimum Gasteiger partial charge on any atom is -0.508 e. The number of nitrogens with zero attached hydrogens (tertiary/aromatic N) is 1. The predicted molar refractivity (Wildman–Crippen MR) is 193 cm³/mol. The van der Waals surface area contributed by atoms with Crippen LogP contribution in [-0.4, -0.2) is 45.0 Å². The number of amides is 2. The molecule has 0 bridgehead atoms. The highest BCUT2D eigenvalue weighted by atomic mass is 16.3. The van der Waals surface area contributed by atoms with Gasteiger partial charge in [0.25, 0.3) is 0 Å². The molecule has 7 heteroatoms. The average molecular weight is 678 g/mol. The fourth-order valence-corrected chi connectivity index (χ4v) is 9.59. The second kappa shape index (κ2) is 12.3. The lowest BCUT2D eigenvalue weighted by Gasteiger charge is -2.55. The van der Waals surface area contributed by atoms with E-state index >= 15 is 9.59 Å². The van der Waals surface area contributed by atoms with Crippen LogP contribution in [0.4, 0.5) is 0 Å². The van der Waals surface area contributed by atoms with Gasteiger partial charge in [0.05, 0.1) is 17.3 Å². The molecule has 0 aromatic heterocycles. The van der Waals surface area contributed by atoms with E-state index in [-0.39, 0.29) is 47.8 Å². The summed E-state index contributed by atoms with van der Waals surface area (Å²) in [6, 6.07) is 29.3. The van der Waals surface area contributed by atoms with Crippen LogP contribution in [0.15, 0.2) is 115 Å². The zero-order valence-corrected chi connectivity index (χ0v) is 28.6. The summed E-state index contributed by atoms with van der Waals surface area (Å²) in [5.41, 5.74) is 4.36. The van der Waals surface area contributed by atoms with E-state index in [1.165, 1.54) is 11.0 Å². The molecule has 4 aromatic rings. The van der Waals surface area contributed by atoms with E-state index in [0.717, 1.165) is 22.3 Å². The van der Waals surface area contributed by atoms with Gasteiger partial charge >= 0.3 is 0 Å². The van der Waals surface area contributed by atoms with Crippen molar-refractivity contribution in [2.75, 3.05) is 6.54 Å². The third-order valence-electron chi connectivity index (χ3n) is 11.9. The summed E-state index contributed by atoms with van der Waals surface area (Å²) in [5.74, 6) is -3.56. The Bertz CT molecular complexity index is 2130. The number of imide groups is 1. The first-order valence-corrected chi connectivity index (χ1v) is 17.7. The summed E-state index contributed by atoms with van der Waals surface area (Å²) < 4.78 is 0. The highest BCUT2D eigenvalue weighted by Crippen LogP contribution is 2.63.